The maximum absolute atomic E-state index is 12.7. The first-order valence-corrected chi connectivity index (χ1v) is 11.2. The molecule has 1 aromatic heterocycles. The molecule has 0 saturated carbocycles. The van der Waals surface area contributed by atoms with Gasteiger partial charge in [0.15, 0.2) is 17.3 Å². The number of aliphatic hydroxyl groups is 1. The van der Waals surface area contributed by atoms with Crippen molar-refractivity contribution in [2.45, 2.75) is 6.92 Å². The normalized spacial score (nSPS) is 11.3. The van der Waals surface area contributed by atoms with Crippen molar-refractivity contribution in [2.24, 2.45) is 0 Å². The van der Waals surface area contributed by atoms with Gasteiger partial charge in [-0.25, -0.2) is 13.4 Å². The van der Waals surface area contributed by atoms with Crippen LogP contribution in [0.1, 0.15) is 11.4 Å². The first-order chi connectivity index (χ1) is 15.4. The summed E-state index contributed by atoms with van der Waals surface area (Å²) in [6.45, 7) is 1.24. The number of methoxy groups -OCH3 is 1. The molecule has 2 N–H and O–H groups in total. The van der Waals surface area contributed by atoms with Crippen LogP contribution in [0.2, 0.25) is 0 Å². The predicted molar refractivity (Wildman–Crippen MR) is 120 cm³/mol. The van der Waals surface area contributed by atoms with E-state index in [9.17, 15) is 8.42 Å². The van der Waals surface area contributed by atoms with Crippen LogP contribution in [0, 0.1) is 6.92 Å². The fourth-order valence-electron chi connectivity index (χ4n) is 2.65. The van der Waals surface area contributed by atoms with Crippen LogP contribution in [-0.2, 0) is 10.0 Å². The molecule has 0 radical (unpaired) electrons. The van der Waals surface area contributed by atoms with Gasteiger partial charge in [-0.3, -0.25) is 4.72 Å². The van der Waals surface area contributed by atoms with Crippen LogP contribution in [0.5, 0.6) is 23.1 Å². The van der Waals surface area contributed by atoms with Crippen LogP contribution in [0.15, 0.2) is 60.0 Å². The molecule has 0 fully saturated rings. The number of para-hydroxylation sites is 2. The van der Waals surface area contributed by atoms with Gasteiger partial charge >= 0.3 is 0 Å². The van der Waals surface area contributed by atoms with E-state index < -0.39 is 10.0 Å². The quantitative estimate of drug-likeness (QED) is 0.476. The number of nitrogens with one attached hydrogen (secondary N) is 1. The topological polar surface area (TPSA) is 120 Å². The molecular formula is C22H23N3O6S. The Labute approximate surface area is 186 Å². The van der Waals surface area contributed by atoms with Crippen molar-refractivity contribution in [2.75, 3.05) is 25.0 Å². The molecule has 0 atom stereocenters. The molecule has 0 aliphatic rings. The van der Waals surface area contributed by atoms with Gasteiger partial charge in [0, 0.05) is 0 Å². The standard InChI is InChI=1S/C22H23N3O6S/c1-16-23-21(25-32(27,28)15-12-17-8-4-3-5-9-17)20(22(24-16)30-14-13-26)31-19-11-7-6-10-18(19)29-2/h3-12,15,26H,13-14H2,1-2H3,(H,23,24,25). The molecule has 2 aromatic carbocycles. The highest BCUT2D eigenvalue weighted by Crippen LogP contribution is 2.40. The summed E-state index contributed by atoms with van der Waals surface area (Å²) in [5.74, 6) is 0.757. The molecule has 3 aromatic rings. The van der Waals surface area contributed by atoms with Gasteiger partial charge in [0.1, 0.15) is 12.4 Å². The second kappa shape index (κ2) is 10.6. The van der Waals surface area contributed by atoms with Crippen molar-refractivity contribution in [3.8, 4) is 23.1 Å². The van der Waals surface area contributed by atoms with Crippen LogP contribution in [0.4, 0.5) is 5.82 Å². The number of ether oxygens (including phenoxy) is 3. The highest BCUT2D eigenvalue weighted by molar-refractivity contribution is 7.95. The highest BCUT2D eigenvalue weighted by Gasteiger charge is 2.22. The van der Waals surface area contributed by atoms with Crippen LogP contribution < -0.4 is 18.9 Å². The molecule has 0 saturated heterocycles. The Hall–Kier alpha value is -3.63. The number of aryl methyl sites for hydroxylation is 1. The van der Waals surface area contributed by atoms with E-state index in [0.717, 1.165) is 5.41 Å². The van der Waals surface area contributed by atoms with E-state index in [1.54, 1.807) is 55.5 Å². The number of anilines is 1. The molecule has 0 spiro atoms. The molecule has 10 heteroatoms. The lowest BCUT2D eigenvalue weighted by atomic mass is 10.2. The van der Waals surface area contributed by atoms with Gasteiger partial charge in [0.05, 0.1) is 19.1 Å². The Bertz CT molecular complexity index is 1180. The first kappa shape index (κ1) is 23.0. The van der Waals surface area contributed by atoms with E-state index in [0.29, 0.717) is 17.1 Å². The van der Waals surface area contributed by atoms with Gasteiger partial charge < -0.3 is 19.3 Å². The lowest BCUT2D eigenvalue weighted by Crippen LogP contribution is -2.14. The van der Waals surface area contributed by atoms with Gasteiger partial charge in [0.25, 0.3) is 15.9 Å². The summed E-state index contributed by atoms with van der Waals surface area (Å²) < 4.78 is 44.5. The average molecular weight is 458 g/mol. The smallest absolute Gasteiger partial charge is 0.263 e. The van der Waals surface area contributed by atoms with E-state index in [1.165, 1.54) is 13.2 Å². The monoisotopic (exact) mass is 457 g/mol. The number of benzene rings is 2. The zero-order chi connectivity index (χ0) is 23.0. The Kier molecular flexibility index (Phi) is 7.63. The number of hydrogen-bond donors (Lipinski definition) is 2. The highest BCUT2D eigenvalue weighted by atomic mass is 32.2. The zero-order valence-corrected chi connectivity index (χ0v) is 18.4. The number of hydrogen-bond acceptors (Lipinski definition) is 8. The first-order valence-electron chi connectivity index (χ1n) is 9.61. The Morgan fingerprint density at radius 3 is 2.41 bits per heavy atom. The van der Waals surface area contributed by atoms with Gasteiger partial charge in [0.2, 0.25) is 5.75 Å². The largest absolute Gasteiger partial charge is 0.493 e. The van der Waals surface area contributed by atoms with E-state index in [2.05, 4.69) is 14.7 Å². The van der Waals surface area contributed by atoms with E-state index in [-0.39, 0.29) is 36.5 Å². The molecule has 0 unspecified atom stereocenters. The fourth-order valence-corrected chi connectivity index (χ4v) is 3.46. The van der Waals surface area contributed by atoms with Crippen molar-refractivity contribution in [3.05, 3.63) is 71.4 Å². The van der Waals surface area contributed by atoms with E-state index in [1.807, 2.05) is 6.07 Å². The van der Waals surface area contributed by atoms with E-state index >= 15 is 0 Å². The SMILES string of the molecule is COc1ccccc1Oc1c(NS(=O)(=O)C=Cc2ccccc2)nc(C)nc1OCCO. The summed E-state index contributed by atoms with van der Waals surface area (Å²) in [5, 5.41) is 10.2. The Morgan fingerprint density at radius 1 is 1.03 bits per heavy atom. The molecule has 1 heterocycles. The number of aliphatic hydroxyl groups excluding tert-OH is 1. The minimum atomic E-state index is -3.95. The summed E-state index contributed by atoms with van der Waals surface area (Å²) in [4.78, 5) is 8.37. The van der Waals surface area contributed by atoms with Gasteiger partial charge in [-0.05, 0) is 30.7 Å². The van der Waals surface area contributed by atoms with Crippen LogP contribution in [0.25, 0.3) is 6.08 Å². The van der Waals surface area contributed by atoms with Gasteiger partial charge in [-0.15, -0.1) is 0 Å². The Balaban J connectivity index is 2.00. The number of sulfonamides is 1. The summed E-state index contributed by atoms with van der Waals surface area (Å²) >= 11 is 0. The summed E-state index contributed by atoms with van der Waals surface area (Å²) in [6.07, 6.45) is 1.46. The predicted octanol–water partition coefficient (Wildman–Crippen LogP) is 3.37. The number of nitrogens with zero attached hydrogens (tertiary/aromatic N) is 2. The molecule has 32 heavy (non-hydrogen) atoms. The number of rotatable bonds is 10. The summed E-state index contributed by atoms with van der Waals surface area (Å²) in [6, 6.07) is 15.8. The maximum atomic E-state index is 12.7. The lowest BCUT2D eigenvalue weighted by Gasteiger charge is -2.17. The average Bonchev–Trinajstić information content (AvgIpc) is 2.79. The molecule has 0 amide bonds. The molecule has 0 aliphatic heterocycles. The van der Waals surface area contributed by atoms with Crippen molar-refractivity contribution in [1.29, 1.82) is 0 Å². The summed E-state index contributed by atoms with van der Waals surface area (Å²) in [7, 11) is -2.47. The summed E-state index contributed by atoms with van der Waals surface area (Å²) in [5.41, 5.74) is 0.717. The van der Waals surface area contributed by atoms with Crippen molar-refractivity contribution >= 4 is 21.9 Å². The maximum Gasteiger partial charge on any atom is 0.263 e. The van der Waals surface area contributed by atoms with Crippen LogP contribution >= 0.6 is 0 Å². The fraction of sp³-hybridized carbons (Fsp3) is 0.182. The number of aromatic nitrogens is 2. The second-order valence-corrected chi connectivity index (χ2v) is 8.01. The van der Waals surface area contributed by atoms with Crippen LogP contribution in [0.3, 0.4) is 0 Å². The van der Waals surface area contributed by atoms with Gasteiger partial charge in [-0.1, -0.05) is 42.5 Å². The molecule has 3 rings (SSSR count). The lowest BCUT2D eigenvalue weighted by molar-refractivity contribution is 0.192. The van der Waals surface area contributed by atoms with Crippen molar-refractivity contribution < 1.29 is 27.7 Å². The van der Waals surface area contributed by atoms with Crippen molar-refractivity contribution in [1.82, 2.24) is 9.97 Å². The van der Waals surface area contributed by atoms with Crippen molar-refractivity contribution in [3.63, 3.8) is 0 Å². The minimum Gasteiger partial charge on any atom is -0.493 e. The third kappa shape index (κ3) is 6.19. The molecule has 0 bridgehead atoms. The molecule has 168 valence electrons. The molecule has 9 nitrogen and oxygen atoms in total. The van der Waals surface area contributed by atoms with Gasteiger partial charge in [-0.2, -0.15) is 4.98 Å². The Morgan fingerprint density at radius 2 is 1.72 bits per heavy atom. The third-order valence-corrected chi connectivity index (χ3v) is 5.01. The molecule has 0 aliphatic carbocycles. The van der Waals surface area contributed by atoms with E-state index in [4.69, 9.17) is 19.3 Å². The minimum absolute atomic E-state index is 0.0257. The molecular weight excluding hydrogens is 434 g/mol. The second-order valence-electron chi connectivity index (χ2n) is 6.44. The van der Waals surface area contributed by atoms with Crippen LogP contribution in [-0.4, -0.2) is 43.8 Å². The zero-order valence-electron chi connectivity index (χ0n) is 17.6. The third-order valence-electron chi connectivity index (χ3n) is 4.04.